The minimum Gasteiger partial charge on any atom is -0.480 e. The van der Waals surface area contributed by atoms with Gasteiger partial charge in [-0.05, 0) is 32.1 Å². The van der Waals surface area contributed by atoms with Crippen molar-refractivity contribution in [2.24, 2.45) is 0 Å². The van der Waals surface area contributed by atoms with Gasteiger partial charge in [-0.1, -0.05) is 0 Å². The molecule has 118 valence electrons. The number of piperidine rings is 1. The van der Waals surface area contributed by atoms with E-state index in [0.717, 1.165) is 25.9 Å². The van der Waals surface area contributed by atoms with Crippen LogP contribution in [0, 0.1) is 0 Å². The number of nitrogens with one attached hydrogen (secondary N) is 1. The van der Waals surface area contributed by atoms with Crippen molar-refractivity contribution < 1.29 is 19.5 Å². The van der Waals surface area contributed by atoms with Crippen LogP contribution in [0.3, 0.4) is 0 Å². The molecule has 0 aliphatic carbocycles. The summed E-state index contributed by atoms with van der Waals surface area (Å²) in [6.45, 7) is 2.33. The molecule has 3 amide bonds. The molecule has 21 heavy (non-hydrogen) atoms. The second-order valence-electron chi connectivity index (χ2n) is 5.61. The van der Waals surface area contributed by atoms with Gasteiger partial charge in [-0.15, -0.1) is 0 Å². The largest absolute Gasteiger partial charge is 0.480 e. The fourth-order valence-corrected chi connectivity index (χ4v) is 2.95. The number of rotatable bonds is 4. The molecule has 0 aromatic heterocycles. The second-order valence-corrected chi connectivity index (χ2v) is 5.61. The highest BCUT2D eigenvalue weighted by atomic mass is 16.4. The van der Waals surface area contributed by atoms with Crippen LogP contribution in [0.5, 0.6) is 0 Å². The molecule has 0 saturated carbocycles. The zero-order valence-corrected chi connectivity index (χ0v) is 12.2. The van der Waals surface area contributed by atoms with E-state index >= 15 is 0 Å². The van der Waals surface area contributed by atoms with E-state index in [4.69, 9.17) is 5.11 Å². The molecule has 0 aromatic carbocycles. The first-order valence-corrected chi connectivity index (χ1v) is 7.64. The number of carbonyl (C=O) groups excluding carboxylic acids is 2. The van der Waals surface area contributed by atoms with E-state index in [2.05, 4.69) is 5.32 Å². The van der Waals surface area contributed by atoms with Crippen LogP contribution in [-0.4, -0.2) is 65.0 Å². The van der Waals surface area contributed by atoms with Crippen molar-refractivity contribution >= 4 is 17.9 Å². The average molecular weight is 297 g/mol. The molecule has 2 fully saturated rings. The Labute approximate surface area is 124 Å². The van der Waals surface area contributed by atoms with Crippen molar-refractivity contribution in [2.75, 3.05) is 26.2 Å². The third-order valence-corrected chi connectivity index (χ3v) is 4.12. The molecule has 2 aliphatic heterocycles. The first kappa shape index (κ1) is 15.6. The van der Waals surface area contributed by atoms with Crippen LogP contribution in [0.25, 0.3) is 0 Å². The van der Waals surface area contributed by atoms with E-state index in [1.165, 1.54) is 11.3 Å². The van der Waals surface area contributed by atoms with Crippen LogP contribution in [0.4, 0.5) is 4.79 Å². The summed E-state index contributed by atoms with van der Waals surface area (Å²) < 4.78 is 0. The Morgan fingerprint density at radius 3 is 2.43 bits per heavy atom. The van der Waals surface area contributed by atoms with Gasteiger partial charge < -0.3 is 20.2 Å². The summed E-state index contributed by atoms with van der Waals surface area (Å²) in [6, 6.07) is -1.12. The Bertz CT molecular complexity index is 407. The predicted molar refractivity (Wildman–Crippen MR) is 75.8 cm³/mol. The Morgan fingerprint density at radius 2 is 1.76 bits per heavy atom. The minimum absolute atomic E-state index is 0.0613. The summed E-state index contributed by atoms with van der Waals surface area (Å²) in [7, 11) is 0. The summed E-state index contributed by atoms with van der Waals surface area (Å²) in [4.78, 5) is 38.1. The number of hydrogen-bond acceptors (Lipinski definition) is 3. The quantitative estimate of drug-likeness (QED) is 0.797. The minimum atomic E-state index is -0.966. The SMILES string of the molecule is O=C(O)C1CCCN1C(=O)NCCC(=O)N1CCCCC1. The van der Waals surface area contributed by atoms with Crippen LogP contribution < -0.4 is 5.32 Å². The van der Waals surface area contributed by atoms with E-state index in [0.29, 0.717) is 19.4 Å². The lowest BCUT2D eigenvalue weighted by molar-refractivity contribution is -0.141. The third-order valence-electron chi connectivity index (χ3n) is 4.12. The number of amides is 3. The second kappa shape index (κ2) is 7.28. The number of carboxylic acids is 1. The molecule has 1 atom stereocenters. The van der Waals surface area contributed by atoms with E-state index in [-0.39, 0.29) is 24.9 Å². The van der Waals surface area contributed by atoms with E-state index in [1.807, 2.05) is 4.90 Å². The van der Waals surface area contributed by atoms with Crippen molar-refractivity contribution in [3.63, 3.8) is 0 Å². The molecular weight excluding hydrogens is 274 g/mol. The maximum atomic E-state index is 11.9. The molecule has 2 rings (SSSR count). The molecule has 0 spiro atoms. The topological polar surface area (TPSA) is 90.0 Å². The van der Waals surface area contributed by atoms with Crippen molar-refractivity contribution in [1.82, 2.24) is 15.1 Å². The lowest BCUT2D eigenvalue weighted by Gasteiger charge is -2.27. The molecule has 2 N–H and O–H groups in total. The number of hydrogen-bond donors (Lipinski definition) is 2. The average Bonchev–Trinajstić information content (AvgIpc) is 2.97. The van der Waals surface area contributed by atoms with E-state index < -0.39 is 12.0 Å². The summed E-state index contributed by atoms with van der Waals surface area (Å²) >= 11 is 0. The summed E-state index contributed by atoms with van der Waals surface area (Å²) in [5, 5.41) is 11.7. The zero-order valence-electron chi connectivity index (χ0n) is 12.2. The van der Waals surface area contributed by atoms with Gasteiger partial charge in [0.2, 0.25) is 5.91 Å². The standard InChI is InChI=1S/C14H23N3O4/c18-12(16-8-2-1-3-9-16)6-7-15-14(21)17-10-4-5-11(17)13(19)20/h11H,1-10H2,(H,15,21)(H,19,20). The smallest absolute Gasteiger partial charge is 0.326 e. The van der Waals surface area contributed by atoms with E-state index in [1.54, 1.807) is 0 Å². The number of likely N-dealkylation sites (tertiary alicyclic amines) is 2. The number of urea groups is 1. The van der Waals surface area contributed by atoms with Gasteiger partial charge in [-0.3, -0.25) is 4.79 Å². The molecule has 0 aromatic rings. The molecule has 2 saturated heterocycles. The van der Waals surface area contributed by atoms with Crippen LogP contribution >= 0.6 is 0 Å². The zero-order chi connectivity index (χ0) is 15.2. The number of carbonyl (C=O) groups is 3. The maximum absolute atomic E-state index is 11.9. The lowest BCUT2D eigenvalue weighted by atomic mass is 10.1. The predicted octanol–water partition coefficient (Wildman–Crippen LogP) is 0.648. The summed E-state index contributed by atoms with van der Waals surface area (Å²) in [5.74, 6) is -0.904. The van der Waals surface area contributed by atoms with Gasteiger partial charge in [0, 0.05) is 32.6 Å². The maximum Gasteiger partial charge on any atom is 0.326 e. The summed E-state index contributed by atoms with van der Waals surface area (Å²) in [5.41, 5.74) is 0. The van der Waals surface area contributed by atoms with Crippen LogP contribution in [0.15, 0.2) is 0 Å². The summed E-state index contributed by atoms with van der Waals surface area (Å²) in [6.07, 6.45) is 4.74. The molecule has 2 aliphatic rings. The van der Waals surface area contributed by atoms with Gasteiger partial charge in [0.05, 0.1) is 0 Å². The monoisotopic (exact) mass is 297 g/mol. The third kappa shape index (κ3) is 4.09. The fourth-order valence-electron chi connectivity index (χ4n) is 2.95. The molecule has 0 radical (unpaired) electrons. The van der Waals surface area contributed by atoms with Gasteiger partial charge in [-0.2, -0.15) is 0 Å². The number of carboxylic acid groups (broad SMARTS) is 1. The van der Waals surface area contributed by atoms with Gasteiger partial charge >= 0.3 is 12.0 Å². The van der Waals surface area contributed by atoms with E-state index in [9.17, 15) is 14.4 Å². The molecule has 0 bridgehead atoms. The number of aliphatic carboxylic acids is 1. The van der Waals surface area contributed by atoms with Crippen LogP contribution in [0.2, 0.25) is 0 Å². The van der Waals surface area contributed by atoms with Gasteiger partial charge in [0.1, 0.15) is 6.04 Å². The fraction of sp³-hybridized carbons (Fsp3) is 0.786. The van der Waals surface area contributed by atoms with Crippen molar-refractivity contribution in [1.29, 1.82) is 0 Å². The highest BCUT2D eigenvalue weighted by Gasteiger charge is 2.33. The van der Waals surface area contributed by atoms with Gasteiger partial charge in [0.15, 0.2) is 0 Å². The number of nitrogens with zero attached hydrogens (tertiary/aromatic N) is 2. The molecule has 1 unspecified atom stereocenters. The van der Waals surface area contributed by atoms with Crippen molar-refractivity contribution in [3.8, 4) is 0 Å². The van der Waals surface area contributed by atoms with Gasteiger partial charge in [-0.25, -0.2) is 9.59 Å². The molecule has 2 heterocycles. The first-order chi connectivity index (χ1) is 10.1. The molecule has 7 heteroatoms. The Kier molecular flexibility index (Phi) is 5.41. The Hall–Kier alpha value is -1.79. The molecule has 7 nitrogen and oxygen atoms in total. The van der Waals surface area contributed by atoms with Gasteiger partial charge in [0.25, 0.3) is 0 Å². The molecular formula is C14H23N3O4. The Morgan fingerprint density at radius 1 is 1.05 bits per heavy atom. The Balaban J connectivity index is 1.71. The highest BCUT2D eigenvalue weighted by molar-refractivity contribution is 5.83. The van der Waals surface area contributed by atoms with Crippen LogP contribution in [0.1, 0.15) is 38.5 Å². The van der Waals surface area contributed by atoms with Crippen molar-refractivity contribution in [2.45, 2.75) is 44.6 Å². The first-order valence-electron chi connectivity index (χ1n) is 7.64. The normalized spacial score (nSPS) is 22.2. The highest BCUT2D eigenvalue weighted by Crippen LogP contribution is 2.17. The lowest BCUT2D eigenvalue weighted by Crippen LogP contribution is -2.47. The van der Waals surface area contributed by atoms with Crippen molar-refractivity contribution in [3.05, 3.63) is 0 Å². The van der Waals surface area contributed by atoms with Crippen LogP contribution in [-0.2, 0) is 9.59 Å².